The Bertz CT molecular complexity index is 2680. The van der Waals surface area contributed by atoms with Crippen molar-refractivity contribution in [3.63, 3.8) is 0 Å². The number of benzene rings is 2. The zero-order valence-electron chi connectivity index (χ0n) is 44.1. The van der Waals surface area contributed by atoms with Crippen LogP contribution in [0.15, 0.2) is 73.3 Å². The van der Waals surface area contributed by atoms with E-state index in [9.17, 15) is 43.2 Å². The number of aromatic nitrogens is 3. The standard InChI is InChI=1S/C29H39N9O4S.C11H21N5O4S.C9H14N4O3/c30-20(13-17-7-2-1-3-8-17)26(40)36-22(11-6-12-34-29(32)33)27(41)37-23(28(42)38-24(16-43)25(31)39)14-18-15-35-21-10-5-4-9-19(18)21;1-6(17)15-7(3-2-4-14-11(12)13)9(18)16-8(5-21)10(19)20;1-5(10)8(14)13-7(9(15)16)2-6-3-11-4-12-6/h1-5,7-10,15,20,22-24,35,43H,6,11-14,16,30H2,(H2,31,39)(H,36,40)(H,37,41)(H,38,42)(H4,32,33,34);7-8,21H,2-5H2,1H3,(H,15,17)(H,16,18)(H,19,20)(H4,12,13,14);3-5,7H,2,10H2,1H3,(H,11,12)(H,13,14)(H,15,16). The number of rotatable bonds is 30. The highest BCUT2D eigenvalue weighted by Gasteiger charge is 2.31. The molecule has 0 bridgehead atoms. The van der Waals surface area contributed by atoms with Gasteiger partial charge in [-0.25, -0.2) is 14.6 Å². The summed E-state index contributed by atoms with van der Waals surface area (Å²) in [5.74, 6) is -6.85. The Labute approximate surface area is 471 Å². The Hall–Kier alpha value is -8.42. The van der Waals surface area contributed by atoms with Crippen molar-refractivity contribution in [1.82, 2.24) is 57.5 Å². The number of hydrogen-bond acceptors (Lipinski definition) is 16. The first-order valence-corrected chi connectivity index (χ1v) is 26.1. The minimum Gasteiger partial charge on any atom is -0.480 e. The maximum Gasteiger partial charge on any atom is 0.327 e. The van der Waals surface area contributed by atoms with E-state index in [1.54, 1.807) is 12.4 Å². The van der Waals surface area contributed by atoms with E-state index in [0.29, 0.717) is 25.1 Å². The average molecular weight is 1160 g/mol. The van der Waals surface area contributed by atoms with E-state index in [-0.39, 0.29) is 62.1 Å². The predicted molar refractivity (Wildman–Crippen MR) is 304 cm³/mol. The fourth-order valence-electron chi connectivity index (χ4n) is 7.13. The molecule has 7 amide bonds. The number of guanidine groups is 2. The second-order valence-corrected chi connectivity index (χ2v) is 18.6. The van der Waals surface area contributed by atoms with Gasteiger partial charge in [-0.3, -0.25) is 44.4 Å². The van der Waals surface area contributed by atoms with Crippen LogP contribution < -0.4 is 71.2 Å². The Balaban J connectivity index is 0.000000487. The van der Waals surface area contributed by atoms with E-state index in [2.05, 4.69) is 82.7 Å². The van der Waals surface area contributed by atoms with Gasteiger partial charge in [-0.05, 0) is 56.2 Å². The van der Waals surface area contributed by atoms with Gasteiger partial charge >= 0.3 is 11.9 Å². The smallest absolute Gasteiger partial charge is 0.327 e. The third kappa shape index (κ3) is 25.8. The first-order chi connectivity index (χ1) is 37.9. The first-order valence-electron chi connectivity index (χ1n) is 24.9. The van der Waals surface area contributed by atoms with Crippen LogP contribution in [0.2, 0.25) is 0 Å². The lowest BCUT2D eigenvalue weighted by Gasteiger charge is -2.25. The van der Waals surface area contributed by atoms with Crippen LogP contribution in [-0.4, -0.2) is 163 Å². The normalized spacial score (nSPS) is 13.6. The average Bonchev–Trinajstić information content (AvgIpc) is 4.08. The molecule has 31 heteroatoms. The lowest BCUT2D eigenvalue weighted by molar-refractivity contribution is -0.142. The highest BCUT2D eigenvalue weighted by atomic mass is 32.1. The van der Waals surface area contributed by atoms with Gasteiger partial charge in [0.2, 0.25) is 41.4 Å². The molecular weight excluding hydrogens is 1080 g/mol. The van der Waals surface area contributed by atoms with Crippen LogP contribution in [0.4, 0.5) is 0 Å². The highest BCUT2D eigenvalue weighted by Crippen LogP contribution is 2.20. The molecule has 0 aliphatic rings. The summed E-state index contributed by atoms with van der Waals surface area (Å²) in [5, 5.41) is 53.3. The number of carboxylic acids is 2. The fourth-order valence-corrected chi connectivity index (χ4v) is 7.65. The SMILES string of the molecule is CC(=O)NC(CCCNC(=N)N)C(=O)NC(CS)C(=O)O.CC(N)C(=O)NC(Cc1c[nH]cn1)C(=O)O.N=C(N)NCCCC(NC(=O)C(N)Cc1ccccc1)C(=O)NC(Cc1c[nH]c2ccccc12)C(=O)NC(CS)C(N)=O. The van der Waals surface area contributed by atoms with Crippen molar-refractivity contribution in [2.75, 3.05) is 24.6 Å². The summed E-state index contributed by atoms with van der Waals surface area (Å²) in [5.41, 5.74) is 30.4. The molecule has 0 saturated heterocycles. The zero-order valence-corrected chi connectivity index (χ0v) is 45.9. The monoisotopic (exact) mass is 1150 g/mol. The molecule has 0 spiro atoms. The van der Waals surface area contributed by atoms with Crippen LogP contribution in [0.5, 0.6) is 0 Å². The number of carboxylic acid groups (broad SMARTS) is 2. The summed E-state index contributed by atoms with van der Waals surface area (Å²) in [4.78, 5) is 118. The second-order valence-electron chi connectivity index (χ2n) is 17.9. The summed E-state index contributed by atoms with van der Waals surface area (Å²) in [7, 11) is 0. The van der Waals surface area contributed by atoms with Gasteiger partial charge in [0.15, 0.2) is 11.9 Å². The van der Waals surface area contributed by atoms with Gasteiger partial charge in [-0.2, -0.15) is 25.3 Å². The number of carbonyl (C=O) groups is 9. The van der Waals surface area contributed by atoms with Crippen molar-refractivity contribution in [3.05, 3.63) is 90.1 Å². The van der Waals surface area contributed by atoms with Crippen molar-refractivity contribution < 1.29 is 53.4 Å². The summed E-state index contributed by atoms with van der Waals surface area (Å²) in [6.45, 7) is 3.41. The zero-order chi connectivity index (χ0) is 59.9. The number of nitrogens with one attached hydrogen (secondary N) is 12. The minimum atomic E-state index is -1.20. The number of nitrogens with two attached hydrogens (primary N) is 5. The minimum absolute atomic E-state index is 0.0318. The molecule has 29 nitrogen and oxygen atoms in total. The lowest BCUT2D eigenvalue weighted by Crippen LogP contribution is -2.58. The number of aliphatic carboxylic acids is 2. The van der Waals surface area contributed by atoms with Crippen molar-refractivity contribution in [1.29, 1.82) is 10.8 Å². The summed E-state index contributed by atoms with van der Waals surface area (Å²) < 4.78 is 0. The Morgan fingerprint density at radius 2 is 1.11 bits per heavy atom. The molecule has 8 atom stereocenters. The molecule has 8 unspecified atom stereocenters. The molecule has 2 heterocycles. The Morgan fingerprint density at radius 3 is 1.61 bits per heavy atom. The first kappa shape index (κ1) is 67.7. The molecule has 24 N–H and O–H groups in total. The molecule has 80 heavy (non-hydrogen) atoms. The van der Waals surface area contributed by atoms with Gasteiger partial charge in [-0.15, -0.1) is 0 Å². The Morgan fingerprint density at radius 1 is 0.613 bits per heavy atom. The number of nitrogens with zero attached hydrogens (tertiary/aromatic N) is 1. The Kier molecular flexibility index (Phi) is 30.4. The number of amides is 7. The van der Waals surface area contributed by atoms with E-state index >= 15 is 0 Å². The maximum atomic E-state index is 13.6. The summed E-state index contributed by atoms with van der Waals surface area (Å²) >= 11 is 7.94. The molecule has 438 valence electrons. The van der Waals surface area contributed by atoms with Crippen LogP contribution in [-0.2, 0) is 62.4 Å². The van der Waals surface area contributed by atoms with Crippen molar-refractivity contribution in [3.8, 4) is 0 Å². The molecule has 0 fully saturated rings. The van der Waals surface area contributed by atoms with Crippen LogP contribution in [0.1, 0.15) is 56.4 Å². The van der Waals surface area contributed by atoms with Gasteiger partial charge in [0.25, 0.3) is 0 Å². The number of aromatic amines is 2. The molecule has 0 aliphatic carbocycles. The molecule has 4 aromatic rings. The van der Waals surface area contributed by atoms with Crippen LogP contribution in [0.3, 0.4) is 0 Å². The predicted octanol–water partition coefficient (Wildman–Crippen LogP) is -3.46. The number of H-pyrrole nitrogens is 2. The van der Waals surface area contributed by atoms with E-state index in [1.807, 2.05) is 54.6 Å². The summed E-state index contributed by atoms with van der Waals surface area (Å²) in [6, 6.07) is 8.86. The molecular formula is C49H74N18O11S2. The fraction of sp³-hybridized carbons (Fsp3) is 0.429. The molecule has 2 aromatic carbocycles. The number of fused-ring (bicyclic) bond motifs is 1. The van der Waals surface area contributed by atoms with Crippen LogP contribution >= 0.6 is 25.3 Å². The van der Waals surface area contributed by atoms with Gasteiger partial charge in [0, 0.05) is 67.7 Å². The van der Waals surface area contributed by atoms with Gasteiger partial charge in [0.1, 0.15) is 36.3 Å². The van der Waals surface area contributed by atoms with Crippen molar-refractivity contribution in [2.45, 2.75) is 107 Å². The van der Waals surface area contributed by atoms with Gasteiger partial charge in [-0.1, -0.05) is 48.5 Å². The number of primary amides is 1. The number of hydrogen-bond donors (Lipinski definition) is 21. The highest BCUT2D eigenvalue weighted by molar-refractivity contribution is 7.80. The molecule has 0 aliphatic heterocycles. The third-order valence-corrected chi connectivity index (χ3v) is 12.0. The van der Waals surface area contributed by atoms with Crippen LogP contribution in [0.25, 0.3) is 10.9 Å². The third-order valence-electron chi connectivity index (χ3n) is 11.3. The van der Waals surface area contributed by atoms with Crippen molar-refractivity contribution >= 4 is 101 Å². The number of para-hydroxylation sites is 1. The molecule has 2 aromatic heterocycles. The summed E-state index contributed by atoms with van der Waals surface area (Å²) in [6.07, 6.45) is 6.52. The van der Waals surface area contributed by atoms with Crippen LogP contribution in [0, 0.1) is 10.8 Å². The van der Waals surface area contributed by atoms with Gasteiger partial charge < -0.3 is 91.4 Å². The lowest BCUT2D eigenvalue weighted by atomic mass is 10.0. The van der Waals surface area contributed by atoms with E-state index < -0.39 is 102 Å². The number of carbonyl (C=O) groups excluding carboxylic acids is 7. The molecule has 0 saturated carbocycles. The largest absolute Gasteiger partial charge is 0.480 e. The van der Waals surface area contributed by atoms with Gasteiger partial charge in [0.05, 0.1) is 24.1 Å². The molecule has 4 rings (SSSR count). The maximum absolute atomic E-state index is 13.6. The topological polar surface area (TPSA) is 513 Å². The molecule has 0 radical (unpaired) electrons. The van der Waals surface area contributed by atoms with E-state index in [4.69, 9.17) is 49.7 Å². The quantitative estimate of drug-likeness (QED) is 0.0104. The second kappa shape index (κ2) is 35.9. The number of thiol groups is 2. The van der Waals surface area contributed by atoms with E-state index in [1.165, 1.54) is 20.2 Å². The van der Waals surface area contributed by atoms with E-state index in [0.717, 1.165) is 22.0 Å². The number of imidazole rings is 1. The van der Waals surface area contributed by atoms with Crippen molar-refractivity contribution in [2.24, 2.45) is 28.7 Å².